The lowest BCUT2D eigenvalue weighted by Gasteiger charge is -2.22. The van der Waals surface area contributed by atoms with Crippen LogP contribution in [0.25, 0.3) is 5.65 Å². The molecule has 0 bridgehead atoms. The topological polar surface area (TPSA) is 64.9 Å². The lowest BCUT2D eigenvalue weighted by atomic mass is 10.1. The van der Waals surface area contributed by atoms with E-state index in [0.717, 1.165) is 36.3 Å². The smallest absolute Gasteiger partial charge is 0.275 e. The standard InChI is InChI=1S/C21H23N3O3/c25-21(19-13-24-10-3-1-9-20(24)23-19)22-17-7-5-6-16(12-17)14-26-15-18-8-2-4-11-27-18/h1,3,5-7,9-10,12-13,18H,2,4,8,11,14-15H2,(H,22,25). The summed E-state index contributed by atoms with van der Waals surface area (Å²) >= 11 is 0. The predicted molar refractivity (Wildman–Crippen MR) is 103 cm³/mol. The van der Waals surface area contributed by atoms with Gasteiger partial charge >= 0.3 is 0 Å². The van der Waals surface area contributed by atoms with Gasteiger partial charge in [0, 0.05) is 24.7 Å². The Kier molecular flexibility index (Phi) is 5.46. The number of amides is 1. The zero-order valence-corrected chi connectivity index (χ0v) is 15.1. The van der Waals surface area contributed by atoms with Crippen molar-refractivity contribution in [3.8, 4) is 0 Å². The zero-order chi connectivity index (χ0) is 18.5. The molecule has 1 amide bonds. The third kappa shape index (κ3) is 4.53. The molecule has 1 atom stereocenters. The molecular weight excluding hydrogens is 342 g/mol. The molecule has 1 fully saturated rings. The summed E-state index contributed by atoms with van der Waals surface area (Å²) in [7, 11) is 0. The van der Waals surface area contributed by atoms with E-state index in [1.54, 1.807) is 6.20 Å². The van der Waals surface area contributed by atoms with E-state index in [1.165, 1.54) is 6.42 Å². The third-order valence-electron chi connectivity index (χ3n) is 4.63. The van der Waals surface area contributed by atoms with E-state index < -0.39 is 0 Å². The molecule has 0 spiro atoms. The van der Waals surface area contributed by atoms with Gasteiger partial charge in [-0.15, -0.1) is 0 Å². The van der Waals surface area contributed by atoms with Gasteiger partial charge in [-0.05, 0) is 49.1 Å². The van der Waals surface area contributed by atoms with Gasteiger partial charge in [-0.3, -0.25) is 4.79 Å². The largest absolute Gasteiger partial charge is 0.376 e. The van der Waals surface area contributed by atoms with E-state index in [-0.39, 0.29) is 12.0 Å². The molecule has 6 nitrogen and oxygen atoms in total. The first-order valence-electron chi connectivity index (χ1n) is 9.31. The van der Waals surface area contributed by atoms with Crippen molar-refractivity contribution in [1.82, 2.24) is 9.38 Å². The average molecular weight is 365 g/mol. The summed E-state index contributed by atoms with van der Waals surface area (Å²) in [4.78, 5) is 16.8. The average Bonchev–Trinajstić information content (AvgIpc) is 3.14. The lowest BCUT2D eigenvalue weighted by Crippen LogP contribution is -2.24. The van der Waals surface area contributed by atoms with Crippen LogP contribution < -0.4 is 5.32 Å². The summed E-state index contributed by atoms with van der Waals surface area (Å²) in [6.07, 6.45) is 7.21. The number of carbonyl (C=O) groups is 1. The lowest BCUT2D eigenvalue weighted by molar-refractivity contribution is -0.0447. The molecular formula is C21H23N3O3. The van der Waals surface area contributed by atoms with Gasteiger partial charge in [0.2, 0.25) is 0 Å². The van der Waals surface area contributed by atoms with Gasteiger partial charge in [-0.2, -0.15) is 0 Å². The fourth-order valence-corrected chi connectivity index (χ4v) is 3.23. The number of nitrogens with zero attached hydrogens (tertiary/aromatic N) is 2. The van der Waals surface area contributed by atoms with Crippen LogP contribution in [-0.4, -0.2) is 34.6 Å². The van der Waals surface area contributed by atoms with Crippen molar-refractivity contribution in [2.45, 2.75) is 32.0 Å². The highest BCUT2D eigenvalue weighted by Gasteiger charge is 2.14. The molecule has 27 heavy (non-hydrogen) atoms. The second-order valence-electron chi connectivity index (χ2n) is 6.75. The predicted octanol–water partition coefficient (Wildman–Crippen LogP) is 3.67. The molecule has 140 valence electrons. The molecule has 1 unspecified atom stereocenters. The van der Waals surface area contributed by atoms with Gasteiger partial charge in [-0.25, -0.2) is 4.98 Å². The summed E-state index contributed by atoms with van der Waals surface area (Å²) in [5, 5.41) is 2.90. The number of hydrogen-bond acceptors (Lipinski definition) is 4. The number of hydrogen-bond donors (Lipinski definition) is 1. The molecule has 0 saturated carbocycles. The van der Waals surface area contributed by atoms with Crippen LogP contribution in [0.1, 0.15) is 35.3 Å². The highest BCUT2D eigenvalue weighted by atomic mass is 16.5. The van der Waals surface area contributed by atoms with Gasteiger partial charge in [0.15, 0.2) is 0 Å². The number of carbonyl (C=O) groups excluding carboxylic acids is 1. The Morgan fingerprint density at radius 3 is 3.07 bits per heavy atom. The fourth-order valence-electron chi connectivity index (χ4n) is 3.23. The molecule has 3 heterocycles. The summed E-state index contributed by atoms with van der Waals surface area (Å²) in [6, 6.07) is 13.4. The molecule has 1 saturated heterocycles. The maximum Gasteiger partial charge on any atom is 0.275 e. The summed E-state index contributed by atoms with van der Waals surface area (Å²) in [6.45, 7) is 1.94. The number of imidazole rings is 1. The van der Waals surface area contributed by atoms with E-state index in [9.17, 15) is 4.79 Å². The Labute approximate surface area is 158 Å². The highest BCUT2D eigenvalue weighted by Crippen LogP contribution is 2.16. The number of anilines is 1. The van der Waals surface area contributed by atoms with E-state index in [2.05, 4.69) is 10.3 Å². The minimum atomic E-state index is -0.229. The van der Waals surface area contributed by atoms with Crippen molar-refractivity contribution < 1.29 is 14.3 Å². The molecule has 1 aromatic carbocycles. The van der Waals surface area contributed by atoms with Gasteiger partial charge < -0.3 is 19.2 Å². The first kappa shape index (κ1) is 17.7. The van der Waals surface area contributed by atoms with Crippen LogP contribution in [0.2, 0.25) is 0 Å². The Hall–Kier alpha value is -2.70. The van der Waals surface area contributed by atoms with Gasteiger partial charge in [0.05, 0.1) is 19.3 Å². The maximum absolute atomic E-state index is 12.5. The number of ether oxygens (including phenoxy) is 2. The first-order chi connectivity index (χ1) is 13.3. The Balaban J connectivity index is 1.34. The monoisotopic (exact) mass is 365 g/mol. The summed E-state index contributed by atoms with van der Waals surface area (Å²) in [5.41, 5.74) is 2.87. The van der Waals surface area contributed by atoms with Crippen molar-refractivity contribution in [1.29, 1.82) is 0 Å². The number of nitrogens with one attached hydrogen (secondary N) is 1. The molecule has 1 aliphatic heterocycles. The van der Waals surface area contributed by atoms with Gasteiger partial charge in [-0.1, -0.05) is 18.2 Å². The molecule has 0 radical (unpaired) electrons. The van der Waals surface area contributed by atoms with Crippen LogP contribution in [0.4, 0.5) is 5.69 Å². The SMILES string of the molecule is O=C(Nc1cccc(COCC2CCCCO2)c1)c1cn2ccccc2n1. The van der Waals surface area contributed by atoms with Crippen LogP contribution in [0, 0.1) is 0 Å². The summed E-state index contributed by atoms with van der Waals surface area (Å²) in [5.74, 6) is -0.229. The minimum Gasteiger partial charge on any atom is -0.376 e. The van der Waals surface area contributed by atoms with E-state index in [4.69, 9.17) is 9.47 Å². The van der Waals surface area contributed by atoms with Crippen LogP contribution in [0.15, 0.2) is 54.9 Å². The van der Waals surface area contributed by atoms with E-state index in [0.29, 0.717) is 18.9 Å². The first-order valence-corrected chi connectivity index (χ1v) is 9.31. The van der Waals surface area contributed by atoms with Crippen molar-refractivity contribution in [3.05, 3.63) is 66.1 Å². The molecule has 2 aromatic heterocycles. The number of benzene rings is 1. The highest BCUT2D eigenvalue weighted by molar-refractivity contribution is 6.03. The number of rotatable bonds is 6. The molecule has 6 heteroatoms. The van der Waals surface area contributed by atoms with E-state index >= 15 is 0 Å². The minimum absolute atomic E-state index is 0.205. The molecule has 4 rings (SSSR count). The number of pyridine rings is 1. The number of fused-ring (bicyclic) bond motifs is 1. The Bertz CT molecular complexity index is 883. The zero-order valence-electron chi connectivity index (χ0n) is 15.1. The van der Waals surface area contributed by atoms with Crippen molar-refractivity contribution in [3.63, 3.8) is 0 Å². The summed E-state index contributed by atoms with van der Waals surface area (Å²) < 4.78 is 13.3. The van der Waals surface area contributed by atoms with Crippen LogP contribution >= 0.6 is 0 Å². The van der Waals surface area contributed by atoms with E-state index in [1.807, 2.05) is 53.1 Å². The van der Waals surface area contributed by atoms with Crippen LogP contribution in [0.3, 0.4) is 0 Å². The van der Waals surface area contributed by atoms with Crippen molar-refractivity contribution >= 4 is 17.2 Å². The molecule has 0 aliphatic carbocycles. The molecule has 1 aliphatic rings. The second kappa shape index (κ2) is 8.33. The van der Waals surface area contributed by atoms with Crippen molar-refractivity contribution in [2.75, 3.05) is 18.5 Å². The molecule has 1 N–H and O–H groups in total. The van der Waals surface area contributed by atoms with Gasteiger partial charge in [0.25, 0.3) is 5.91 Å². The molecule has 3 aromatic rings. The maximum atomic E-state index is 12.5. The Morgan fingerprint density at radius 1 is 1.26 bits per heavy atom. The van der Waals surface area contributed by atoms with Gasteiger partial charge in [0.1, 0.15) is 11.3 Å². The van der Waals surface area contributed by atoms with Crippen molar-refractivity contribution in [2.24, 2.45) is 0 Å². The normalized spacial score (nSPS) is 17.1. The van der Waals surface area contributed by atoms with Crippen LogP contribution in [0.5, 0.6) is 0 Å². The van der Waals surface area contributed by atoms with Crippen LogP contribution in [-0.2, 0) is 16.1 Å². The number of aromatic nitrogens is 2. The quantitative estimate of drug-likeness (QED) is 0.724. The fraction of sp³-hybridized carbons (Fsp3) is 0.333. The Morgan fingerprint density at radius 2 is 2.22 bits per heavy atom. The third-order valence-corrected chi connectivity index (χ3v) is 4.63. The second-order valence-corrected chi connectivity index (χ2v) is 6.75.